The number of carbonyl (C=O) groups excluding carboxylic acids is 2. The van der Waals surface area contributed by atoms with E-state index in [0.717, 1.165) is 5.56 Å². The molecule has 0 aliphatic carbocycles. The Kier molecular flexibility index (Phi) is 4.78. The van der Waals surface area contributed by atoms with E-state index in [1.165, 1.54) is 0 Å². The van der Waals surface area contributed by atoms with Crippen LogP contribution in [0.2, 0.25) is 5.02 Å². The molecule has 1 rings (SSSR count). The van der Waals surface area contributed by atoms with Gasteiger partial charge in [-0.15, -0.1) is 0 Å². The molecule has 0 saturated carbocycles. The van der Waals surface area contributed by atoms with Crippen LogP contribution in [0.1, 0.15) is 5.56 Å². The van der Waals surface area contributed by atoms with E-state index in [0.29, 0.717) is 10.8 Å². The fraction of sp³-hybridized carbons (Fsp3) is 0.273. The summed E-state index contributed by atoms with van der Waals surface area (Å²) < 4.78 is 9.67. The van der Waals surface area contributed by atoms with Crippen molar-refractivity contribution in [1.29, 1.82) is 0 Å². The number of aryl methyl sites for hydroxylation is 1. The Morgan fingerprint density at radius 1 is 1.35 bits per heavy atom. The number of amides is 1. The van der Waals surface area contributed by atoms with Gasteiger partial charge in [-0.2, -0.15) is 0 Å². The summed E-state index contributed by atoms with van der Waals surface area (Å²) in [5.41, 5.74) is 5.66. The summed E-state index contributed by atoms with van der Waals surface area (Å²) in [5, 5.41) is 0.619. The molecule has 2 N–H and O–H groups in total. The number of ether oxygens (including phenoxy) is 2. The summed E-state index contributed by atoms with van der Waals surface area (Å²) in [6, 6.07) is 5.00. The third-order valence-corrected chi connectivity index (χ3v) is 2.29. The summed E-state index contributed by atoms with van der Waals surface area (Å²) in [5.74, 6) is -0.861. The minimum atomic E-state index is -0.708. The molecule has 0 aromatic heterocycles. The second-order valence-electron chi connectivity index (χ2n) is 3.33. The largest absolute Gasteiger partial charge is 0.482 e. The van der Waals surface area contributed by atoms with Crippen LogP contribution in [-0.4, -0.2) is 25.1 Å². The molecule has 0 fully saturated rings. The molecule has 0 aliphatic heterocycles. The van der Waals surface area contributed by atoms with Gasteiger partial charge in [-0.1, -0.05) is 11.6 Å². The monoisotopic (exact) mass is 257 g/mol. The predicted octanol–water partition coefficient (Wildman–Crippen LogP) is 1.06. The van der Waals surface area contributed by atoms with Crippen LogP contribution in [0.4, 0.5) is 0 Å². The lowest BCUT2D eigenvalue weighted by atomic mass is 10.2. The van der Waals surface area contributed by atoms with Crippen LogP contribution in [0.5, 0.6) is 5.75 Å². The Bertz CT molecular complexity index is 433. The molecule has 0 saturated heterocycles. The molecule has 0 bridgehead atoms. The van der Waals surface area contributed by atoms with Gasteiger partial charge in [0.15, 0.2) is 13.2 Å². The van der Waals surface area contributed by atoms with Gasteiger partial charge in [-0.25, -0.2) is 4.79 Å². The average Bonchev–Trinajstić information content (AvgIpc) is 2.28. The van der Waals surface area contributed by atoms with Gasteiger partial charge in [-0.05, 0) is 30.7 Å². The fourth-order valence-electron chi connectivity index (χ4n) is 1.04. The Morgan fingerprint density at radius 2 is 2.06 bits per heavy atom. The molecule has 0 radical (unpaired) electrons. The van der Waals surface area contributed by atoms with Crippen molar-refractivity contribution in [2.45, 2.75) is 6.92 Å². The topological polar surface area (TPSA) is 78.6 Å². The molecule has 0 unspecified atom stereocenters. The summed E-state index contributed by atoms with van der Waals surface area (Å²) in [7, 11) is 0. The van der Waals surface area contributed by atoms with Crippen LogP contribution < -0.4 is 10.5 Å². The number of rotatable bonds is 5. The first-order chi connectivity index (χ1) is 7.99. The molecule has 1 amide bonds. The number of hydrogen-bond acceptors (Lipinski definition) is 4. The standard InChI is InChI=1S/C11H12ClNO4/c1-7-4-8(2-3-9(7)12)16-6-11(15)17-5-10(13)14/h2-4H,5-6H2,1H3,(H2,13,14). The summed E-state index contributed by atoms with van der Waals surface area (Å²) >= 11 is 5.83. The normalized spacial score (nSPS) is 9.76. The molecule has 1 aromatic rings. The zero-order valence-corrected chi connectivity index (χ0v) is 9.99. The number of carbonyl (C=O) groups is 2. The Morgan fingerprint density at radius 3 is 2.65 bits per heavy atom. The number of hydrogen-bond donors (Lipinski definition) is 1. The van der Waals surface area contributed by atoms with Gasteiger partial charge in [0.1, 0.15) is 5.75 Å². The van der Waals surface area contributed by atoms with Crippen molar-refractivity contribution in [2.24, 2.45) is 5.73 Å². The molecule has 5 nitrogen and oxygen atoms in total. The number of benzene rings is 1. The van der Waals surface area contributed by atoms with Crippen molar-refractivity contribution in [3.05, 3.63) is 28.8 Å². The van der Waals surface area contributed by atoms with Crippen molar-refractivity contribution in [3.63, 3.8) is 0 Å². The second-order valence-corrected chi connectivity index (χ2v) is 3.73. The summed E-state index contributed by atoms with van der Waals surface area (Å²) in [4.78, 5) is 21.4. The van der Waals surface area contributed by atoms with Crippen LogP contribution in [0, 0.1) is 6.92 Å². The maximum absolute atomic E-state index is 11.1. The lowest BCUT2D eigenvalue weighted by Gasteiger charge is -2.07. The summed E-state index contributed by atoms with van der Waals surface area (Å²) in [6.07, 6.45) is 0. The third kappa shape index (κ3) is 4.74. The van der Waals surface area contributed by atoms with Crippen LogP contribution >= 0.6 is 11.6 Å². The van der Waals surface area contributed by atoms with Crippen molar-refractivity contribution >= 4 is 23.5 Å². The predicted molar refractivity (Wildman–Crippen MR) is 61.8 cm³/mol. The SMILES string of the molecule is Cc1cc(OCC(=O)OCC(N)=O)ccc1Cl. The van der Waals surface area contributed by atoms with E-state index < -0.39 is 18.5 Å². The average molecular weight is 258 g/mol. The number of primary amides is 1. The van der Waals surface area contributed by atoms with E-state index in [1.54, 1.807) is 18.2 Å². The lowest BCUT2D eigenvalue weighted by Crippen LogP contribution is -2.23. The van der Waals surface area contributed by atoms with Gasteiger partial charge in [0.2, 0.25) is 0 Å². The minimum absolute atomic E-state index is 0.283. The molecule has 17 heavy (non-hydrogen) atoms. The zero-order valence-electron chi connectivity index (χ0n) is 9.23. The highest BCUT2D eigenvalue weighted by Crippen LogP contribution is 2.20. The van der Waals surface area contributed by atoms with E-state index >= 15 is 0 Å². The van der Waals surface area contributed by atoms with Crippen molar-refractivity contribution in [3.8, 4) is 5.75 Å². The van der Waals surface area contributed by atoms with Gasteiger partial charge in [-0.3, -0.25) is 4.79 Å². The van der Waals surface area contributed by atoms with E-state index in [2.05, 4.69) is 4.74 Å². The van der Waals surface area contributed by atoms with Gasteiger partial charge in [0.05, 0.1) is 0 Å². The Hall–Kier alpha value is -1.75. The van der Waals surface area contributed by atoms with E-state index in [9.17, 15) is 9.59 Å². The van der Waals surface area contributed by atoms with Crippen LogP contribution in [-0.2, 0) is 14.3 Å². The molecule has 0 spiro atoms. The molecule has 0 heterocycles. The highest BCUT2D eigenvalue weighted by atomic mass is 35.5. The van der Waals surface area contributed by atoms with Crippen LogP contribution in [0.3, 0.4) is 0 Å². The lowest BCUT2D eigenvalue weighted by molar-refractivity contribution is -0.149. The highest BCUT2D eigenvalue weighted by molar-refractivity contribution is 6.31. The second kappa shape index (κ2) is 6.10. The molecule has 0 aliphatic rings. The van der Waals surface area contributed by atoms with Gasteiger partial charge in [0.25, 0.3) is 5.91 Å². The highest BCUT2D eigenvalue weighted by Gasteiger charge is 2.06. The first kappa shape index (κ1) is 13.3. The van der Waals surface area contributed by atoms with E-state index in [4.69, 9.17) is 22.1 Å². The molecule has 6 heteroatoms. The maximum Gasteiger partial charge on any atom is 0.344 e. The molecule has 92 valence electrons. The first-order valence-corrected chi connectivity index (χ1v) is 5.19. The number of nitrogens with two attached hydrogens (primary N) is 1. The maximum atomic E-state index is 11.1. The smallest absolute Gasteiger partial charge is 0.344 e. The zero-order chi connectivity index (χ0) is 12.8. The number of esters is 1. The molecular weight excluding hydrogens is 246 g/mol. The quantitative estimate of drug-likeness (QED) is 0.800. The Balaban J connectivity index is 2.42. The van der Waals surface area contributed by atoms with E-state index in [1.807, 2.05) is 6.92 Å². The fourth-order valence-corrected chi connectivity index (χ4v) is 1.16. The molecule has 0 atom stereocenters. The van der Waals surface area contributed by atoms with Gasteiger partial charge < -0.3 is 15.2 Å². The number of halogens is 1. The summed E-state index contributed by atoms with van der Waals surface area (Å²) in [6.45, 7) is 1.09. The van der Waals surface area contributed by atoms with Crippen LogP contribution in [0.25, 0.3) is 0 Å². The first-order valence-electron chi connectivity index (χ1n) is 4.82. The van der Waals surface area contributed by atoms with Crippen molar-refractivity contribution in [1.82, 2.24) is 0 Å². The molecule has 1 aromatic carbocycles. The van der Waals surface area contributed by atoms with Crippen molar-refractivity contribution in [2.75, 3.05) is 13.2 Å². The van der Waals surface area contributed by atoms with Crippen LogP contribution in [0.15, 0.2) is 18.2 Å². The minimum Gasteiger partial charge on any atom is -0.482 e. The van der Waals surface area contributed by atoms with Crippen molar-refractivity contribution < 1.29 is 19.1 Å². The third-order valence-electron chi connectivity index (χ3n) is 1.86. The molecular formula is C11H12ClNO4. The van der Waals surface area contributed by atoms with Gasteiger partial charge in [0, 0.05) is 5.02 Å². The Labute approximate surface area is 103 Å². The van der Waals surface area contributed by atoms with Gasteiger partial charge >= 0.3 is 5.97 Å². The van der Waals surface area contributed by atoms with E-state index in [-0.39, 0.29) is 6.61 Å².